The Hall–Kier alpha value is -5.24. The Bertz CT molecular complexity index is 2590. The Morgan fingerprint density at radius 3 is 1.70 bits per heavy atom. The van der Waals surface area contributed by atoms with Crippen molar-refractivity contribution in [2.24, 2.45) is 0 Å². The van der Waals surface area contributed by atoms with Gasteiger partial charge in [0.05, 0.1) is 0 Å². The molecule has 0 N–H and O–H groups in total. The van der Waals surface area contributed by atoms with E-state index in [1.807, 2.05) is 11.3 Å². The van der Waals surface area contributed by atoms with E-state index in [0.29, 0.717) is 0 Å². The van der Waals surface area contributed by atoms with Gasteiger partial charge >= 0.3 is 0 Å². The fourth-order valence-corrected chi connectivity index (χ4v) is 8.86. The van der Waals surface area contributed by atoms with Gasteiger partial charge in [-0.05, 0) is 83.4 Å². The van der Waals surface area contributed by atoms with Crippen LogP contribution in [0.1, 0.15) is 0 Å². The van der Waals surface area contributed by atoms with Crippen molar-refractivity contribution in [2.45, 2.75) is 0 Å². The Balaban J connectivity index is 1.27. The molecule has 1 heteroatoms. The van der Waals surface area contributed by atoms with Crippen LogP contribution in [-0.4, -0.2) is 0 Å². The second kappa shape index (κ2) is 8.64. The van der Waals surface area contributed by atoms with Crippen molar-refractivity contribution in [1.29, 1.82) is 0 Å². The number of fused-ring (bicyclic) bond motifs is 9. The van der Waals surface area contributed by atoms with Crippen LogP contribution in [-0.2, 0) is 0 Å². The van der Waals surface area contributed by atoms with Gasteiger partial charge in [-0.15, -0.1) is 11.3 Å². The molecule has 0 atom stereocenters. The van der Waals surface area contributed by atoms with Crippen molar-refractivity contribution in [3.8, 4) is 44.5 Å². The third-order valence-corrected chi connectivity index (χ3v) is 10.6. The Kier molecular flexibility index (Phi) is 4.69. The summed E-state index contributed by atoms with van der Waals surface area (Å²) in [6.45, 7) is 0. The largest absolute Gasteiger partial charge is 0.135 e. The molecule has 1 heterocycles. The van der Waals surface area contributed by atoms with Gasteiger partial charge in [-0.25, -0.2) is 0 Å². The average Bonchev–Trinajstić information content (AvgIpc) is 3.62. The summed E-state index contributed by atoms with van der Waals surface area (Å²) < 4.78 is 2.68. The number of thiophene rings is 1. The second-order valence-electron chi connectivity index (χ2n) is 11.6. The Morgan fingerprint density at radius 2 is 0.860 bits per heavy atom. The van der Waals surface area contributed by atoms with Crippen molar-refractivity contribution in [3.05, 3.63) is 146 Å². The van der Waals surface area contributed by atoms with Crippen LogP contribution in [0.15, 0.2) is 146 Å². The standard InChI is InChI=1S/C42H24S/c1-2-11-26-25(10-1)24-38(30-15-6-3-12-27(26)30)34-18-9-21-39-41(34)37-20-8-19-36(42(37)43-39)31-22-23-35-29-14-5-4-13-28(29)32-16-7-17-33(31)40(32)35/h1-24H. The van der Waals surface area contributed by atoms with E-state index in [9.17, 15) is 0 Å². The fraction of sp³-hybridized carbons (Fsp3) is 0. The molecule has 0 saturated carbocycles. The maximum absolute atomic E-state index is 2.39. The molecule has 0 amide bonds. The molecule has 198 valence electrons. The second-order valence-corrected chi connectivity index (χ2v) is 12.6. The molecule has 0 nitrogen and oxygen atoms in total. The van der Waals surface area contributed by atoms with Crippen LogP contribution in [0.2, 0.25) is 0 Å². The summed E-state index contributed by atoms with van der Waals surface area (Å²) in [6, 6.07) is 54.0. The topological polar surface area (TPSA) is 0 Å². The molecule has 8 aromatic carbocycles. The zero-order chi connectivity index (χ0) is 28.1. The molecule has 43 heavy (non-hydrogen) atoms. The minimum Gasteiger partial charge on any atom is -0.135 e. The molecule has 0 unspecified atom stereocenters. The lowest BCUT2D eigenvalue weighted by Crippen LogP contribution is -1.86. The molecule has 0 aliphatic heterocycles. The summed E-state index contributed by atoms with van der Waals surface area (Å²) in [6.07, 6.45) is 0. The van der Waals surface area contributed by atoms with E-state index < -0.39 is 0 Å². The first-order valence-corrected chi connectivity index (χ1v) is 15.7. The van der Waals surface area contributed by atoms with Crippen LogP contribution in [0.5, 0.6) is 0 Å². The van der Waals surface area contributed by atoms with Gasteiger partial charge in [-0.3, -0.25) is 0 Å². The monoisotopic (exact) mass is 560 g/mol. The van der Waals surface area contributed by atoms with E-state index in [2.05, 4.69) is 146 Å². The zero-order valence-electron chi connectivity index (χ0n) is 23.3. The Morgan fingerprint density at radius 1 is 0.302 bits per heavy atom. The minimum absolute atomic E-state index is 1.28. The molecule has 0 spiro atoms. The summed E-state index contributed by atoms with van der Waals surface area (Å²) in [5, 5.41) is 10.6. The van der Waals surface area contributed by atoms with Gasteiger partial charge in [0.2, 0.25) is 0 Å². The van der Waals surface area contributed by atoms with Crippen LogP contribution in [0, 0.1) is 0 Å². The number of rotatable bonds is 2. The highest BCUT2D eigenvalue weighted by atomic mass is 32.1. The lowest BCUT2D eigenvalue weighted by molar-refractivity contribution is 1.69. The molecule has 0 saturated heterocycles. The third kappa shape index (κ3) is 3.15. The van der Waals surface area contributed by atoms with Crippen LogP contribution in [0.3, 0.4) is 0 Å². The van der Waals surface area contributed by atoms with Crippen LogP contribution in [0.4, 0.5) is 0 Å². The predicted octanol–water partition coefficient (Wildman–Crippen LogP) is 12.5. The molecule has 0 bridgehead atoms. The molecule has 0 radical (unpaired) electrons. The number of hydrogen-bond acceptors (Lipinski definition) is 1. The number of hydrogen-bond donors (Lipinski definition) is 0. The van der Waals surface area contributed by atoms with Gasteiger partial charge in [0.15, 0.2) is 0 Å². The maximum atomic E-state index is 2.39. The summed E-state index contributed by atoms with van der Waals surface area (Å²) >= 11 is 1.92. The molecule has 9 aromatic rings. The normalized spacial score (nSPS) is 12.2. The zero-order valence-corrected chi connectivity index (χ0v) is 24.1. The van der Waals surface area contributed by atoms with Crippen LogP contribution < -0.4 is 0 Å². The van der Waals surface area contributed by atoms with Gasteiger partial charge in [0.25, 0.3) is 0 Å². The first-order valence-electron chi connectivity index (χ1n) is 14.9. The molecule has 10 rings (SSSR count). The molecular weight excluding hydrogens is 537 g/mol. The van der Waals surface area contributed by atoms with Crippen molar-refractivity contribution >= 4 is 63.8 Å². The quantitative estimate of drug-likeness (QED) is 0.184. The smallest absolute Gasteiger partial charge is 0.0434 e. The first-order chi connectivity index (χ1) is 21.3. The van der Waals surface area contributed by atoms with Gasteiger partial charge in [-0.2, -0.15) is 0 Å². The number of benzene rings is 8. The van der Waals surface area contributed by atoms with Crippen molar-refractivity contribution in [1.82, 2.24) is 0 Å². The van der Waals surface area contributed by atoms with E-state index in [0.717, 1.165) is 0 Å². The predicted molar refractivity (Wildman–Crippen MR) is 187 cm³/mol. The van der Waals surface area contributed by atoms with Crippen molar-refractivity contribution in [3.63, 3.8) is 0 Å². The van der Waals surface area contributed by atoms with Gasteiger partial charge < -0.3 is 0 Å². The molecule has 1 aromatic heterocycles. The van der Waals surface area contributed by atoms with E-state index in [1.54, 1.807) is 0 Å². The highest BCUT2D eigenvalue weighted by Crippen LogP contribution is 2.51. The highest BCUT2D eigenvalue weighted by Gasteiger charge is 2.23. The fourth-order valence-electron chi connectivity index (χ4n) is 7.60. The highest BCUT2D eigenvalue weighted by molar-refractivity contribution is 7.26. The summed E-state index contributed by atoms with van der Waals surface area (Å²) in [4.78, 5) is 0. The maximum Gasteiger partial charge on any atom is 0.0434 e. The van der Waals surface area contributed by atoms with Gasteiger partial charge in [0, 0.05) is 25.7 Å². The lowest BCUT2D eigenvalue weighted by Gasteiger charge is -2.13. The van der Waals surface area contributed by atoms with Crippen LogP contribution >= 0.6 is 11.3 Å². The summed E-state index contributed by atoms with van der Waals surface area (Å²) in [7, 11) is 0. The lowest BCUT2D eigenvalue weighted by atomic mass is 9.90. The third-order valence-electron chi connectivity index (χ3n) is 9.42. The van der Waals surface area contributed by atoms with Crippen molar-refractivity contribution in [2.75, 3.05) is 0 Å². The average molecular weight is 561 g/mol. The van der Waals surface area contributed by atoms with E-state index in [-0.39, 0.29) is 0 Å². The SMILES string of the molecule is c1ccc2c(c1)-c1cccc3c(-c4cccc5c4sc4cccc(-c6cc7ccccc7c7ccccc67)c45)ccc-2c13. The molecule has 1 aliphatic carbocycles. The van der Waals surface area contributed by atoms with Gasteiger partial charge in [-0.1, -0.05) is 133 Å². The minimum atomic E-state index is 1.28. The van der Waals surface area contributed by atoms with E-state index in [1.165, 1.54) is 97.0 Å². The first kappa shape index (κ1) is 23.3. The summed E-state index contributed by atoms with van der Waals surface area (Å²) in [5.74, 6) is 0. The Labute approximate surface area is 253 Å². The molecular formula is C42H24S. The van der Waals surface area contributed by atoms with Crippen molar-refractivity contribution < 1.29 is 0 Å². The van der Waals surface area contributed by atoms with Gasteiger partial charge in [0.1, 0.15) is 0 Å². The van der Waals surface area contributed by atoms with E-state index >= 15 is 0 Å². The van der Waals surface area contributed by atoms with Crippen LogP contribution in [0.25, 0.3) is 97.0 Å². The summed E-state index contributed by atoms with van der Waals surface area (Å²) in [5.41, 5.74) is 10.6. The van der Waals surface area contributed by atoms with E-state index in [4.69, 9.17) is 0 Å². The molecule has 0 fully saturated rings. The molecule has 1 aliphatic rings.